The van der Waals surface area contributed by atoms with Crippen LogP contribution in [0.2, 0.25) is 0 Å². The van der Waals surface area contributed by atoms with Crippen molar-refractivity contribution in [1.82, 2.24) is 0 Å². The lowest BCUT2D eigenvalue weighted by Crippen LogP contribution is -1.98. The normalized spacial score (nSPS) is 14.6. The number of rotatable bonds is 4. The number of halogens is 1. The van der Waals surface area contributed by atoms with Crippen LogP contribution in [0.25, 0.3) is 0 Å². The highest BCUT2D eigenvalue weighted by Crippen LogP contribution is 2.04. The molecule has 0 N–H and O–H groups in total. The van der Waals surface area contributed by atoms with Crippen molar-refractivity contribution in [3.8, 4) is 0 Å². The molecule has 0 aromatic carbocycles. The molecular formula is C10H15BrO2. The molecule has 0 aliphatic carbocycles. The Morgan fingerprint density at radius 1 is 1.54 bits per heavy atom. The van der Waals surface area contributed by atoms with E-state index in [-0.39, 0.29) is 5.97 Å². The van der Waals surface area contributed by atoms with Crippen molar-refractivity contribution in [1.29, 1.82) is 0 Å². The largest absolute Gasteiger partial charge is 0.463 e. The van der Waals surface area contributed by atoms with E-state index < -0.39 is 0 Å². The van der Waals surface area contributed by atoms with Crippen LogP contribution in [0.15, 0.2) is 23.8 Å². The molecule has 0 heterocycles. The SMILES string of the molecule is CCOC(=O)/C=C/C(C)=C/C(C)Br. The Morgan fingerprint density at radius 3 is 2.62 bits per heavy atom. The van der Waals surface area contributed by atoms with Gasteiger partial charge in [-0.3, -0.25) is 0 Å². The summed E-state index contributed by atoms with van der Waals surface area (Å²) in [5, 5.41) is 0. The fourth-order valence-corrected chi connectivity index (χ4v) is 1.22. The highest BCUT2D eigenvalue weighted by atomic mass is 79.9. The summed E-state index contributed by atoms with van der Waals surface area (Å²) in [4.78, 5) is 11.2. The van der Waals surface area contributed by atoms with E-state index in [1.807, 2.05) is 19.9 Å². The number of carbonyl (C=O) groups excluding carboxylic acids is 1. The molecule has 0 aliphatic rings. The summed E-state index contributed by atoms with van der Waals surface area (Å²) < 4.78 is 4.73. The molecule has 3 heteroatoms. The van der Waals surface area contributed by atoms with Crippen molar-refractivity contribution in [2.24, 2.45) is 0 Å². The van der Waals surface area contributed by atoms with Crippen molar-refractivity contribution < 1.29 is 9.53 Å². The number of alkyl halides is 1. The molecule has 13 heavy (non-hydrogen) atoms. The van der Waals surface area contributed by atoms with Gasteiger partial charge in [0.05, 0.1) is 6.61 Å². The predicted molar refractivity (Wildman–Crippen MR) is 57.9 cm³/mol. The first-order valence-corrected chi connectivity index (χ1v) is 5.15. The highest BCUT2D eigenvalue weighted by Gasteiger charge is 1.93. The van der Waals surface area contributed by atoms with Crippen molar-refractivity contribution >= 4 is 21.9 Å². The van der Waals surface area contributed by atoms with E-state index in [2.05, 4.69) is 15.9 Å². The first-order chi connectivity index (χ1) is 6.06. The van der Waals surface area contributed by atoms with E-state index in [1.54, 1.807) is 13.0 Å². The second kappa shape index (κ2) is 6.89. The monoisotopic (exact) mass is 246 g/mol. The molecule has 0 radical (unpaired) electrons. The minimum absolute atomic E-state index is 0.294. The maximum Gasteiger partial charge on any atom is 0.330 e. The number of ether oxygens (including phenoxy) is 1. The lowest BCUT2D eigenvalue weighted by Gasteiger charge is -1.96. The van der Waals surface area contributed by atoms with Crippen molar-refractivity contribution in [2.45, 2.75) is 25.6 Å². The van der Waals surface area contributed by atoms with E-state index in [4.69, 9.17) is 4.74 Å². The second-order valence-electron chi connectivity index (χ2n) is 2.67. The molecule has 1 unspecified atom stereocenters. The number of hydrogen-bond donors (Lipinski definition) is 0. The van der Waals surface area contributed by atoms with Crippen molar-refractivity contribution in [3.63, 3.8) is 0 Å². The smallest absolute Gasteiger partial charge is 0.330 e. The lowest BCUT2D eigenvalue weighted by atomic mass is 10.2. The number of hydrogen-bond acceptors (Lipinski definition) is 2. The van der Waals surface area contributed by atoms with Gasteiger partial charge in [-0.15, -0.1) is 0 Å². The topological polar surface area (TPSA) is 26.3 Å². The molecular weight excluding hydrogens is 232 g/mol. The first-order valence-electron chi connectivity index (χ1n) is 4.23. The standard InChI is InChI=1S/C10H15BrO2/c1-4-13-10(12)6-5-8(2)7-9(3)11/h5-7,9H,4H2,1-3H3/b6-5+,8-7+. The molecule has 0 rings (SSSR count). The molecule has 0 aliphatic heterocycles. The van der Waals surface area contributed by atoms with Gasteiger partial charge in [-0.05, 0) is 20.8 Å². The van der Waals surface area contributed by atoms with Gasteiger partial charge in [-0.2, -0.15) is 0 Å². The summed E-state index contributed by atoms with van der Waals surface area (Å²) in [6, 6.07) is 0. The molecule has 0 amide bonds. The molecule has 0 spiro atoms. The Labute approximate surface area is 87.8 Å². The van der Waals surface area contributed by atoms with Gasteiger partial charge in [-0.1, -0.05) is 33.7 Å². The first kappa shape index (κ1) is 12.4. The third kappa shape index (κ3) is 7.78. The third-order valence-electron chi connectivity index (χ3n) is 1.26. The zero-order valence-corrected chi connectivity index (χ0v) is 9.80. The Hall–Kier alpha value is -0.570. The van der Waals surface area contributed by atoms with Crippen LogP contribution in [0.3, 0.4) is 0 Å². The summed E-state index contributed by atoms with van der Waals surface area (Å²) in [6.07, 6.45) is 5.19. The molecule has 2 nitrogen and oxygen atoms in total. The number of esters is 1. The second-order valence-corrected chi connectivity index (χ2v) is 4.12. The number of carbonyl (C=O) groups is 1. The molecule has 1 atom stereocenters. The fraction of sp³-hybridized carbons (Fsp3) is 0.500. The Kier molecular flexibility index (Phi) is 6.59. The summed E-state index contributed by atoms with van der Waals surface area (Å²) >= 11 is 3.39. The van der Waals surface area contributed by atoms with E-state index in [1.165, 1.54) is 6.08 Å². The lowest BCUT2D eigenvalue weighted by molar-refractivity contribution is -0.137. The maximum atomic E-state index is 10.9. The average Bonchev–Trinajstić information content (AvgIpc) is 2.00. The average molecular weight is 247 g/mol. The number of allylic oxidation sites excluding steroid dienone is 3. The van der Waals surface area contributed by atoms with E-state index >= 15 is 0 Å². The van der Waals surface area contributed by atoms with Gasteiger partial charge >= 0.3 is 5.97 Å². The zero-order chi connectivity index (χ0) is 10.3. The summed E-state index contributed by atoms with van der Waals surface area (Å²) in [5.74, 6) is -0.294. The van der Waals surface area contributed by atoms with E-state index in [9.17, 15) is 4.79 Å². The van der Waals surface area contributed by atoms with Crippen molar-refractivity contribution in [2.75, 3.05) is 6.61 Å². The molecule has 74 valence electrons. The minimum Gasteiger partial charge on any atom is -0.463 e. The summed E-state index contributed by atoms with van der Waals surface area (Å²) in [7, 11) is 0. The van der Waals surface area contributed by atoms with Crippen LogP contribution in [0.4, 0.5) is 0 Å². The van der Waals surface area contributed by atoms with Crippen LogP contribution in [0.5, 0.6) is 0 Å². The Morgan fingerprint density at radius 2 is 2.15 bits per heavy atom. The van der Waals surface area contributed by atoms with Crippen LogP contribution >= 0.6 is 15.9 Å². The molecule has 0 fully saturated rings. The van der Waals surface area contributed by atoms with Gasteiger partial charge in [0, 0.05) is 10.9 Å². The minimum atomic E-state index is -0.294. The van der Waals surface area contributed by atoms with Gasteiger partial charge in [-0.25, -0.2) is 4.79 Å². The van der Waals surface area contributed by atoms with Gasteiger partial charge < -0.3 is 4.74 Å². The summed E-state index contributed by atoms with van der Waals surface area (Å²) in [6.45, 7) is 6.16. The molecule has 0 bridgehead atoms. The van der Waals surface area contributed by atoms with Crippen LogP contribution < -0.4 is 0 Å². The van der Waals surface area contributed by atoms with Gasteiger partial charge in [0.15, 0.2) is 0 Å². The van der Waals surface area contributed by atoms with Gasteiger partial charge in [0.2, 0.25) is 0 Å². The van der Waals surface area contributed by atoms with Crippen LogP contribution in [0.1, 0.15) is 20.8 Å². The van der Waals surface area contributed by atoms with Crippen LogP contribution in [-0.4, -0.2) is 17.4 Å². The van der Waals surface area contributed by atoms with E-state index in [0.717, 1.165) is 5.57 Å². The zero-order valence-electron chi connectivity index (χ0n) is 8.21. The highest BCUT2D eigenvalue weighted by molar-refractivity contribution is 9.09. The Bertz CT molecular complexity index is 217. The van der Waals surface area contributed by atoms with Gasteiger partial charge in [0.25, 0.3) is 0 Å². The predicted octanol–water partition coefficient (Wildman–Crippen LogP) is 2.84. The quantitative estimate of drug-likeness (QED) is 0.330. The van der Waals surface area contributed by atoms with E-state index in [0.29, 0.717) is 11.4 Å². The van der Waals surface area contributed by atoms with Crippen molar-refractivity contribution in [3.05, 3.63) is 23.8 Å². The molecule has 0 saturated carbocycles. The Balaban J connectivity index is 4.04. The molecule has 0 aromatic rings. The van der Waals surface area contributed by atoms with Crippen LogP contribution in [-0.2, 0) is 9.53 Å². The third-order valence-corrected chi connectivity index (χ3v) is 1.53. The fourth-order valence-electron chi connectivity index (χ4n) is 0.808. The molecule has 0 saturated heterocycles. The summed E-state index contributed by atoms with van der Waals surface area (Å²) in [5.41, 5.74) is 1.04. The maximum absolute atomic E-state index is 10.9. The van der Waals surface area contributed by atoms with Crippen LogP contribution in [0, 0.1) is 0 Å². The molecule has 0 aromatic heterocycles. The van der Waals surface area contributed by atoms with Gasteiger partial charge in [0.1, 0.15) is 0 Å².